The van der Waals surface area contributed by atoms with Gasteiger partial charge < -0.3 is 14.2 Å². The maximum Gasteiger partial charge on any atom is 0.432 e. The van der Waals surface area contributed by atoms with Crippen LogP contribution in [0, 0.1) is 35.6 Å². The molecule has 3 aliphatic heterocycles. The van der Waals surface area contributed by atoms with Crippen LogP contribution in [0.25, 0.3) is 0 Å². The van der Waals surface area contributed by atoms with E-state index in [4.69, 9.17) is 9.47 Å². The number of alkyl halides is 2. The Morgan fingerprint density at radius 2 is 1.45 bits per heavy atom. The Kier molecular flexibility index (Phi) is 5.25. The van der Waals surface area contributed by atoms with Crippen molar-refractivity contribution < 1.29 is 40.6 Å². The molecule has 3 aliphatic rings. The van der Waals surface area contributed by atoms with Crippen LogP contribution in [-0.2, 0) is 21.4 Å². The Balaban J connectivity index is 1.64. The fourth-order valence-corrected chi connectivity index (χ4v) is 3.98. The fraction of sp³-hybridized carbons (Fsp3) is 0.455. The smallest absolute Gasteiger partial charge is 0.429 e. The molecule has 0 radical (unpaired) electrons. The van der Waals surface area contributed by atoms with Crippen molar-refractivity contribution in [1.82, 2.24) is 0 Å². The van der Waals surface area contributed by atoms with E-state index in [9.17, 15) is 26.3 Å². The van der Waals surface area contributed by atoms with Crippen LogP contribution in [0.5, 0.6) is 5.75 Å². The van der Waals surface area contributed by atoms with E-state index in [0.29, 0.717) is 38.2 Å². The Labute approximate surface area is 174 Å². The van der Waals surface area contributed by atoms with Crippen molar-refractivity contribution >= 4 is 0 Å². The third-order valence-electron chi connectivity index (χ3n) is 6.23. The van der Waals surface area contributed by atoms with Crippen LogP contribution in [0.1, 0.15) is 42.9 Å². The maximum atomic E-state index is 14.7. The van der Waals surface area contributed by atoms with E-state index in [-0.39, 0.29) is 11.0 Å². The standard InChI is InChI=1S/C22H20F6O3/c1-3-20-4-5-21(29-10-20,30-11-20)13-6-17(25)19(18(26)7-13)22(27,28)31-14-8-15(23)12(2)16(24)9-14/h6-9H,3-5,10-11H2,1-2H3. The molecule has 0 saturated carbocycles. The van der Waals surface area contributed by atoms with Gasteiger partial charge in [0, 0.05) is 35.1 Å². The Bertz CT molecular complexity index is 952. The van der Waals surface area contributed by atoms with Gasteiger partial charge in [-0.25, -0.2) is 17.6 Å². The van der Waals surface area contributed by atoms with Crippen LogP contribution < -0.4 is 4.74 Å². The van der Waals surface area contributed by atoms with Crippen molar-refractivity contribution in [3.8, 4) is 5.75 Å². The van der Waals surface area contributed by atoms with Gasteiger partial charge in [-0.15, -0.1) is 0 Å². The van der Waals surface area contributed by atoms with E-state index < -0.39 is 52.0 Å². The van der Waals surface area contributed by atoms with Gasteiger partial charge in [0.2, 0.25) is 0 Å². The Morgan fingerprint density at radius 1 is 0.903 bits per heavy atom. The molecule has 3 nitrogen and oxygen atoms in total. The highest BCUT2D eigenvalue weighted by Crippen LogP contribution is 2.51. The molecule has 168 valence electrons. The molecule has 3 heterocycles. The molecule has 5 rings (SSSR count). The lowest BCUT2D eigenvalue weighted by molar-refractivity contribution is -0.350. The number of rotatable bonds is 5. The highest BCUT2D eigenvalue weighted by atomic mass is 19.3. The van der Waals surface area contributed by atoms with Crippen LogP contribution in [0.2, 0.25) is 0 Å². The number of halogens is 6. The van der Waals surface area contributed by atoms with Crippen LogP contribution >= 0.6 is 0 Å². The summed E-state index contributed by atoms with van der Waals surface area (Å²) in [6, 6.07) is 2.47. The summed E-state index contributed by atoms with van der Waals surface area (Å²) in [4.78, 5) is 0. The van der Waals surface area contributed by atoms with E-state index in [2.05, 4.69) is 4.74 Å². The molecule has 0 spiro atoms. The second-order valence-electron chi connectivity index (χ2n) is 8.13. The SMILES string of the molecule is CCC12CCC(c3cc(F)c(C(F)(F)Oc4cc(F)c(C)c(F)c4)c(F)c3)(OC1)OC2. The van der Waals surface area contributed by atoms with Crippen molar-refractivity contribution in [3.05, 3.63) is 64.2 Å². The molecule has 2 aromatic carbocycles. The molecule has 0 aromatic heterocycles. The zero-order chi connectivity index (χ0) is 22.6. The van der Waals surface area contributed by atoms with E-state index in [1.54, 1.807) is 0 Å². The highest BCUT2D eigenvalue weighted by molar-refractivity contribution is 5.34. The van der Waals surface area contributed by atoms with Crippen molar-refractivity contribution in [1.29, 1.82) is 0 Å². The van der Waals surface area contributed by atoms with Crippen LogP contribution in [0.4, 0.5) is 26.3 Å². The lowest BCUT2D eigenvalue weighted by Crippen LogP contribution is -2.53. The van der Waals surface area contributed by atoms with Gasteiger partial charge in [-0.3, -0.25) is 0 Å². The normalized spacial score (nSPS) is 25.7. The first kappa shape index (κ1) is 22.0. The molecule has 9 heteroatoms. The highest BCUT2D eigenvalue weighted by Gasteiger charge is 2.52. The third kappa shape index (κ3) is 3.67. The predicted octanol–water partition coefficient (Wildman–Crippen LogP) is 6.07. The number of hydrogen-bond donors (Lipinski definition) is 0. The Morgan fingerprint density at radius 3 is 1.90 bits per heavy atom. The molecule has 0 aliphatic carbocycles. The number of fused-ring (bicyclic) bond motifs is 3. The quantitative estimate of drug-likeness (QED) is 0.522. The van der Waals surface area contributed by atoms with Gasteiger partial charge in [0.1, 0.15) is 34.6 Å². The van der Waals surface area contributed by atoms with Gasteiger partial charge in [0.15, 0.2) is 5.79 Å². The molecular formula is C22H20F6O3. The molecule has 3 fully saturated rings. The van der Waals surface area contributed by atoms with Gasteiger partial charge in [0.25, 0.3) is 0 Å². The number of ether oxygens (including phenoxy) is 3. The summed E-state index contributed by atoms with van der Waals surface area (Å²) in [5.41, 5.74) is -2.29. The lowest BCUT2D eigenvalue weighted by Gasteiger charge is -2.52. The van der Waals surface area contributed by atoms with Crippen molar-refractivity contribution in [3.63, 3.8) is 0 Å². The van der Waals surface area contributed by atoms with E-state index in [1.807, 2.05) is 6.92 Å². The largest absolute Gasteiger partial charge is 0.432 e. The summed E-state index contributed by atoms with van der Waals surface area (Å²) >= 11 is 0. The molecular weight excluding hydrogens is 426 g/mol. The summed E-state index contributed by atoms with van der Waals surface area (Å²) in [6.07, 6.45) is -2.68. The molecule has 0 amide bonds. The monoisotopic (exact) mass is 446 g/mol. The summed E-state index contributed by atoms with van der Waals surface area (Å²) in [5, 5.41) is 0. The number of hydrogen-bond acceptors (Lipinski definition) is 3. The predicted molar refractivity (Wildman–Crippen MR) is 97.5 cm³/mol. The molecule has 0 N–H and O–H groups in total. The van der Waals surface area contributed by atoms with Crippen LogP contribution in [-0.4, -0.2) is 13.2 Å². The van der Waals surface area contributed by atoms with Crippen molar-refractivity contribution in [2.45, 2.75) is 45.0 Å². The van der Waals surface area contributed by atoms with Crippen molar-refractivity contribution in [2.24, 2.45) is 5.41 Å². The van der Waals surface area contributed by atoms with Crippen LogP contribution in [0.15, 0.2) is 24.3 Å². The van der Waals surface area contributed by atoms with Gasteiger partial charge in [-0.2, -0.15) is 8.78 Å². The van der Waals surface area contributed by atoms with E-state index in [1.165, 1.54) is 0 Å². The van der Waals surface area contributed by atoms with Crippen molar-refractivity contribution in [2.75, 3.05) is 13.2 Å². The second-order valence-corrected chi connectivity index (χ2v) is 8.13. The first-order valence-corrected chi connectivity index (χ1v) is 9.81. The summed E-state index contributed by atoms with van der Waals surface area (Å²) < 4.78 is 102. The minimum Gasteiger partial charge on any atom is -0.429 e. The minimum atomic E-state index is -4.53. The molecule has 31 heavy (non-hydrogen) atoms. The van der Waals surface area contributed by atoms with Gasteiger partial charge in [-0.05, 0) is 31.9 Å². The molecule has 2 aromatic rings. The first-order chi connectivity index (χ1) is 14.5. The lowest BCUT2D eigenvalue weighted by atomic mass is 9.75. The van der Waals surface area contributed by atoms with E-state index in [0.717, 1.165) is 25.5 Å². The molecule has 0 unspecified atom stereocenters. The van der Waals surface area contributed by atoms with Crippen LogP contribution in [0.3, 0.4) is 0 Å². The molecule has 0 atom stereocenters. The maximum absolute atomic E-state index is 14.7. The average Bonchev–Trinajstić information content (AvgIpc) is 2.72. The molecule has 2 bridgehead atoms. The van der Waals surface area contributed by atoms with Gasteiger partial charge >= 0.3 is 6.11 Å². The zero-order valence-corrected chi connectivity index (χ0v) is 16.8. The first-order valence-electron chi connectivity index (χ1n) is 9.81. The Hall–Kier alpha value is -2.26. The topological polar surface area (TPSA) is 27.7 Å². The minimum absolute atomic E-state index is 0.0566. The summed E-state index contributed by atoms with van der Waals surface area (Å²) in [6.45, 7) is 3.76. The zero-order valence-electron chi connectivity index (χ0n) is 16.8. The van der Waals surface area contributed by atoms with Gasteiger partial charge in [0.05, 0.1) is 13.2 Å². The summed E-state index contributed by atoms with van der Waals surface area (Å²) in [5.74, 6) is -7.76. The van der Waals surface area contributed by atoms with E-state index >= 15 is 0 Å². The fourth-order valence-electron chi connectivity index (χ4n) is 3.98. The molecule has 3 saturated heterocycles. The second kappa shape index (κ2) is 7.41. The summed E-state index contributed by atoms with van der Waals surface area (Å²) in [7, 11) is 0. The number of benzene rings is 2. The average molecular weight is 446 g/mol. The van der Waals surface area contributed by atoms with Gasteiger partial charge in [-0.1, -0.05) is 6.92 Å². The third-order valence-corrected chi connectivity index (χ3v) is 6.23.